The molecule has 7 heteroatoms. The summed E-state index contributed by atoms with van der Waals surface area (Å²) in [6.45, 7) is 13.5. The summed E-state index contributed by atoms with van der Waals surface area (Å²) in [7, 11) is 0. The molecule has 0 radical (unpaired) electrons. The molecule has 1 aliphatic rings. The minimum Gasteiger partial charge on any atom is -0.336 e. The van der Waals surface area contributed by atoms with Gasteiger partial charge in [0.2, 0.25) is 0 Å². The van der Waals surface area contributed by atoms with E-state index in [0.717, 1.165) is 61.6 Å². The Balaban J connectivity index is 1.39. The van der Waals surface area contributed by atoms with Crippen molar-refractivity contribution in [3.63, 3.8) is 0 Å². The molecule has 0 unspecified atom stereocenters. The third kappa shape index (κ3) is 3.92. The number of benzene rings is 1. The number of piperazine rings is 1. The lowest BCUT2D eigenvalue weighted by Gasteiger charge is -2.34. The fourth-order valence-electron chi connectivity index (χ4n) is 3.99. The smallest absolute Gasteiger partial charge is 0.254 e. The summed E-state index contributed by atoms with van der Waals surface area (Å²) < 4.78 is 4.12. The van der Waals surface area contributed by atoms with Gasteiger partial charge in [0.1, 0.15) is 0 Å². The first-order valence-corrected chi connectivity index (χ1v) is 10.5. The van der Waals surface area contributed by atoms with Crippen molar-refractivity contribution < 1.29 is 4.79 Å². The van der Waals surface area contributed by atoms with Crippen LogP contribution in [0.5, 0.6) is 0 Å². The van der Waals surface area contributed by atoms with E-state index in [1.807, 2.05) is 34.1 Å². The highest BCUT2D eigenvalue weighted by Gasteiger charge is 2.23. The molecular formula is C22H30N6O. The average molecular weight is 395 g/mol. The molecule has 4 rings (SSSR count). The summed E-state index contributed by atoms with van der Waals surface area (Å²) in [5, 5.41) is 4.53. The Morgan fingerprint density at radius 3 is 2.59 bits per heavy atom. The molecule has 7 nitrogen and oxygen atoms in total. The number of nitrogens with zero attached hydrogens (tertiary/aromatic N) is 6. The van der Waals surface area contributed by atoms with E-state index < -0.39 is 0 Å². The van der Waals surface area contributed by atoms with Gasteiger partial charge in [-0.25, -0.2) is 4.98 Å². The molecule has 29 heavy (non-hydrogen) atoms. The highest BCUT2D eigenvalue weighted by Crippen LogP contribution is 2.20. The molecule has 0 atom stereocenters. The number of aromatic nitrogens is 4. The lowest BCUT2D eigenvalue weighted by molar-refractivity contribution is 0.0628. The maximum absolute atomic E-state index is 13.0. The van der Waals surface area contributed by atoms with Crippen molar-refractivity contribution in [2.24, 2.45) is 0 Å². The highest BCUT2D eigenvalue weighted by atomic mass is 16.2. The number of imidazole rings is 1. The van der Waals surface area contributed by atoms with Crippen LogP contribution in [0.4, 0.5) is 0 Å². The molecular weight excluding hydrogens is 364 g/mol. The predicted molar refractivity (Wildman–Crippen MR) is 114 cm³/mol. The lowest BCUT2D eigenvalue weighted by atomic mass is 10.1. The largest absolute Gasteiger partial charge is 0.336 e. The number of rotatable bonds is 5. The first-order valence-electron chi connectivity index (χ1n) is 10.5. The molecule has 0 N–H and O–H groups in total. The van der Waals surface area contributed by atoms with Crippen LogP contribution >= 0.6 is 0 Å². The molecule has 1 fully saturated rings. The van der Waals surface area contributed by atoms with E-state index in [1.54, 1.807) is 0 Å². The van der Waals surface area contributed by atoms with Crippen molar-refractivity contribution in [2.45, 2.75) is 46.8 Å². The van der Waals surface area contributed by atoms with Gasteiger partial charge in [-0.05, 0) is 45.9 Å². The van der Waals surface area contributed by atoms with Gasteiger partial charge in [0.05, 0.1) is 23.1 Å². The van der Waals surface area contributed by atoms with Crippen LogP contribution in [-0.4, -0.2) is 61.2 Å². The minimum atomic E-state index is 0.0978. The van der Waals surface area contributed by atoms with E-state index in [9.17, 15) is 4.79 Å². The molecule has 3 aromatic rings. The van der Waals surface area contributed by atoms with Gasteiger partial charge in [-0.3, -0.25) is 14.4 Å². The van der Waals surface area contributed by atoms with Crippen LogP contribution in [0.2, 0.25) is 0 Å². The lowest BCUT2D eigenvalue weighted by Crippen LogP contribution is -2.48. The zero-order valence-electron chi connectivity index (χ0n) is 17.8. The molecule has 1 amide bonds. The zero-order valence-corrected chi connectivity index (χ0v) is 17.8. The van der Waals surface area contributed by atoms with Gasteiger partial charge in [0.15, 0.2) is 0 Å². The zero-order chi connectivity index (χ0) is 20.5. The number of carbonyl (C=O) groups excluding carboxylic acids is 1. The van der Waals surface area contributed by atoms with Gasteiger partial charge in [-0.1, -0.05) is 0 Å². The number of fused-ring (bicyclic) bond motifs is 1. The van der Waals surface area contributed by atoms with Gasteiger partial charge in [0.25, 0.3) is 5.91 Å². The topological polar surface area (TPSA) is 59.2 Å². The van der Waals surface area contributed by atoms with Crippen molar-refractivity contribution in [1.29, 1.82) is 0 Å². The summed E-state index contributed by atoms with van der Waals surface area (Å²) in [4.78, 5) is 21.8. The Bertz CT molecular complexity index is 1010. The summed E-state index contributed by atoms with van der Waals surface area (Å²) in [5.41, 5.74) is 5.05. The SMILES string of the molecule is CCn1cc(CN2CCN(C(=O)c3ccc4c(c3)ncn4C(C)C)CC2)c(C)n1. The minimum absolute atomic E-state index is 0.0978. The summed E-state index contributed by atoms with van der Waals surface area (Å²) in [5.74, 6) is 0.0978. The van der Waals surface area contributed by atoms with Gasteiger partial charge in [-0.15, -0.1) is 0 Å². The van der Waals surface area contributed by atoms with Crippen LogP contribution in [0.25, 0.3) is 11.0 Å². The van der Waals surface area contributed by atoms with Gasteiger partial charge < -0.3 is 9.47 Å². The van der Waals surface area contributed by atoms with Crippen LogP contribution in [0.1, 0.15) is 48.4 Å². The molecule has 0 spiro atoms. The Hall–Kier alpha value is -2.67. The van der Waals surface area contributed by atoms with Crippen LogP contribution in [-0.2, 0) is 13.1 Å². The maximum atomic E-state index is 13.0. The highest BCUT2D eigenvalue weighted by molar-refractivity contribution is 5.97. The number of carbonyl (C=O) groups is 1. The fourth-order valence-corrected chi connectivity index (χ4v) is 3.99. The second-order valence-corrected chi connectivity index (χ2v) is 8.11. The Morgan fingerprint density at radius 1 is 1.17 bits per heavy atom. The van der Waals surface area contributed by atoms with Crippen LogP contribution < -0.4 is 0 Å². The molecule has 2 aromatic heterocycles. The molecule has 0 saturated carbocycles. The average Bonchev–Trinajstić information content (AvgIpc) is 3.31. The third-order valence-corrected chi connectivity index (χ3v) is 5.80. The monoisotopic (exact) mass is 394 g/mol. The molecule has 1 aromatic carbocycles. The van der Waals surface area contributed by atoms with Crippen molar-refractivity contribution in [3.05, 3.63) is 47.5 Å². The first-order chi connectivity index (χ1) is 14.0. The Morgan fingerprint density at radius 2 is 1.93 bits per heavy atom. The van der Waals surface area contributed by atoms with E-state index in [1.165, 1.54) is 5.56 Å². The third-order valence-electron chi connectivity index (χ3n) is 5.80. The summed E-state index contributed by atoms with van der Waals surface area (Å²) >= 11 is 0. The summed E-state index contributed by atoms with van der Waals surface area (Å²) in [6, 6.07) is 6.22. The molecule has 0 aliphatic carbocycles. The van der Waals surface area contributed by atoms with E-state index in [0.29, 0.717) is 6.04 Å². The molecule has 154 valence electrons. The quantitative estimate of drug-likeness (QED) is 0.667. The molecule has 0 bridgehead atoms. The second-order valence-electron chi connectivity index (χ2n) is 8.11. The van der Waals surface area contributed by atoms with Crippen molar-refractivity contribution >= 4 is 16.9 Å². The van der Waals surface area contributed by atoms with Crippen LogP contribution in [0.15, 0.2) is 30.7 Å². The van der Waals surface area contributed by atoms with Gasteiger partial charge in [-0.2, -0.15) is 5.10 Å². The van der Waals surface area contributed by atoms with E-state index in [2.05, 4.69) is 53.4 Å². The van der Waals surface area contributed by atoms with Gasteiger partial charge in [0, 0.05) is 62.6 Å². The number of amides is 1. The van der Waals surface area contributed by atoms with E-state index in [4.69, 9.17) is 0 Å². The van der Waals surface area contributed by atoms with Gasteiger partial charge >= 0.3 is 0 Å². The number of aryl methyl sites for hydroxylation is 2. The van der Waals surface area contributed by atoms with E-state index >= 15 is 0 Å². The summed E-state index contributed by atoms with van der Waals surface area (Å²) in [6.07, 6.45) is 3.99. The second kappa shape index (κ2) is 7.99. The Labute approximate surface area is 171 Å². The standard InChI is InChI=1S/C22H30N6O/c1-5-27-14-19(17(4)24-27)13-25-8-10-26(11-9-25)22(29)18-6-7-21-20(12-18)23-15-28(21)16(2)3/h6-7,12,14-16H,5,8-11,13H2,1-4H3. The number of hydrogen-bond donors (Lipinski definition) is 0. The molecule has 1 saturated heterocycles. The van der Waals surface area contributed by atoms with Crippen LogP contribution in [0.3, 0.4) is 0 Å². The fraction of sp³-hybridized carbons (Fsp3) is 0.500. The molecule has 3 heterocycles. The number of hydrogen-bond acceptors (Lipinski definition) is 4. The Kier molecular flexibility index (Phi) is 5.41. The molecule has 1 aliphatic heterocycles. The van der Waals surface area contributed by atoms with E-state index in [-0.39, 0.29) is 5.91 Å². The van der Waals surface area contributed by atoms with Crippen molar-refractivity contribution in [1.82, 2.24) is 29.1 Å². The maximum Gasteiger partial charge on any atom is 0.254 e. The first kappa shape index (κ1) is 19.6. The predicted octanol–water partition coefficient (Wildman–Crippen LogP) is 3.10. The van der Waals surface area contributed by atoms with Crippen LogP contribution in [0, 0.1) is 6.92 Å². The van der Waals surface area contributed by atoms with Crippen molar-refractivity contribution in [2.75, 3.05) is 26.2 Å². The normalized spacial score (nSPS) is 15.6. The van der Waals surface area contributed by atoms with Crippen molar-refractivity contribution in [3.8, 4) is 0 Å².